The molecule has 2 aromatic rings. The zero-order chi connectivity index (χ0) is 14.8. The standard InChI is InChI=1S/C15H14N4O2/c16-15(17)13-5-3-11(8-18-13)21-10-2-4-12-9(7-10)1-6-14(20)19-12/h2-5,7-8H,1,6H2,(H3,16,17)(H,19,20). The van der Waals surface area contributed by atoms with Gasteiger partial charge in [-0.2, -0.15) is 0 Å². The maximum absolute atomic E-state index is 11.3. The Hall–Kier alpha value is -2.89. The summed E-state index contributed by atoms with van der Waals surface area (Å²) in [5.74, 6) is 1.22. The molecule has 4 N–H and O–H groups in total. The lowest BCUT2D eigenvalue weighted by atomic mass is 10.0. The topological polar surface area (TPSA) is 101 Å². The maximum atomic E-state index is 11.3. The highest BCUT2D eigenvalue weighted by molar-refractivity contribution is 5.94. The summed E-state index contributed by atoms with van der Waals surface area (Å²) in [5, 5.41) is 10.1. The molecule has 0 spiro atoms. The van der Waals surface area contributed by atoms with Crippen molar-refractivity contribution in [3.8, 4) is 11.5 Å². The van der Waals surface area contributed by atoms with Gasteiger partial charge in [0.15, 0.2) is 0 Å². The first-order valence-corrected chi connectivity index (χ1v) is 6.53. The van der Waals surface area contributed by atoms with E-state index in [1.807, 2.05) is 12.1 Å². The fourth-order valence-electron chi connectivity index (χ4n) is 2.16. The summed E-state index contributed by atoms with van der Waals surface area (Å²) in [6, 6.07) is 8.89. The number of anilines is 1. The van der Waals surface area contributed by atoms with Gasteiger partial charge in [0.1, 0.15) is 23.0 Å². The van der Waals surface area contributed by atoms with Crippen LogP contribution in [0.3, 0.4) is 0 Å². The molecular formula is C15H14N4O2. The number of aryl methyl sites for hydroxylation is 1. The average Bonchev–Trinajstić information content (AvgIpc) is 2.48. The zero-order valence-electron chi connectivity index (χ0n) is 11.2. The monoisotopic (exact) mass is 282 g/mol. The van der Waals surface area contributed by atoms with E-state index in [-0.39, 0.29) is 11.7 Å². The molecule has 0 aliphatic carbocycles. The van der Waals surface area contributed by atoms with Gasteiger partial charge in [-0.3, -0.25) is 10.2 Å². The molecule has 0 radical (unpaired) electrons. The summed E-state index contributed by atoms with van der Waals surface area (Å²) >= 11 is 0. The molecule has 6 nitrogen and oxygen atoms in total. The highest BCUT2D eigenvalue weighted by Crippen LogP contribution is 2.29. The molecule has 1 aliphatic rings. The molecule has 0 bridgehead atoms. The number of pyridine rings is 1. The minimum absolute atomic E-state index is 0.0418. The summed E-state index contributed by atoms with van der Waals surface area (Å²) in [7, 11) is 0. The molecule has 106 valence electrons. The van der Waals surface area contributed by atoms with E-state index in [1.165, 1.54) is 6.20 Å². The van der Waals surface area contributed by atoms with E-state index in [2.05, 4.69) is 10.3 Å². The van der Waals surface area contributed by atoms with Crippen LogP contribution in [0.2, 0.25) is 0 Å². The number of nitrogens with two attached hydrogens (primary N) is 1. The van der Waals surface area contributed by atoms with Crippen LogP contribution in [0.4, 0.5) is 5.69 Å². The third-order valence-electron chi connectivity index (χ3n) is 3.22. The molecule has 0 saturated carbocycles. The second-order valence-corrected chi connectivity index (χ2v) is 4.76. The number of rotatable bonds is 3. The van der Waals surface area contributed by atoms with Crippen molar-refractivity contribution in [3.05, 3.63) is 47.8 Å². The number of fused-ring (bicyclic) bond motifs is 1. The van der Waals surface area contributed by atoms with Gasteiger partial charge in [-0.15, -0.1) is 0 Å². The van der Waals surface area contributed by atoms with Crippen molar-refractivity contribution in [2.45, 2.75) is 12.8 Å². The van der Waals surface area contributed by atoms with Crippen LogP contribution in [0.1, 0.15) is 17.7 Å². The number of nitrogen functional groups attached to an aromatic ring is 1. The Morgan fingerprint density at radius 2 is 2.05 bits per heavy atom. The number of ether oxygens (including phenoxy) is 1. The van der Waals surface area contributed by atoms with Crippen LogP contribution in [0, 0.1) is 5.41 Å². The van der Waals surface area contributed by atoms with Crippen LogP contribution >= 0.6 is 0 Å². The fraction of sp³-hybridized carbons (Fsp3) is 0.133. The number of hydrogen-bond donors (Lipinski definition) is 3. The first-order chi connectivity index (χ1) is 10.1. The highest BCUT2D eigenvalue weighted by Gasteiger charge is 2.15. The first kappa shape index (κ1) is 13.1. The van der Waals surface area contributed by atoms with E-state index in [4.69, 9.17) is 15.9 Å². The number of nitrogens with one attached hydrogen (secondary N) is 2. The molecule has 21 heavy (non-hydrogen) atoms. The van der Waals surface area contributed by atoms with Gasteiger partial charge in [-0.25, -0.2) is 4.98 Å². The van der Waals surface area contributed by atoms with Gasteiger partial charge in [0, 0.05) is 12.1 Å². The zero-order valence-corrected chi connectivity index (χ0v) is 11.2. The molecule has 3 rings (SSSR count). The Bertz CT molecular complexity index is 710. The van der Waals surface area contributed by atoms with Gasteiger partial charge in [0.25, 0.3) is 0 Å². The number of carbonyl (C=O) groups is 1. The van der Waals surface area contributed by atoms with E-state index in [0.717, 1.165) is 11.3 Å². The Balaban J connectivity index is 1.79. The lowest BCUT2D eigenvalue weighted by Crippen LogP contribution is -2.18. The number of benzene rings is 1. The maximum Gasteiger partial charge on any atom is 0.224 e. The number of aromatic nitrogens is 1. The SMILES string of the molecule is N=C(N)c1ccc(Oc2ccc3c(c2)CCC(=O)N3)cn1. The molecular weight excluding hydrogens is 268 g/mol. The van der Waals surface area contributed by atoms with Crippen molar-refractivity contribution in [2.24, 2.45) is 5.73 Å². The minimum atomic E-state index is -0.0777. The van der Waals surface area contributed by atoms with Crippen molar-refractivity contribution >= 4 is 17.4 Å². The Morgan fingerprint density at radius 1 is 1.24 bits per heavy atom. The average molecular weight is 282 g/mol. The molecule has 1 amide bonds. The first-order valence-electron chi connectivity index (χ1n) is 6.53. The van der Waals surface area contributed by atoms with Gasteiger partial charge < -0.3 is 15.8 Å². The third kappa shape index (κ3) is 2.84. The summed E-state index contributed by atoms with van der Waals surface area (Å²) in [5.41, 5.74) is 7.65. The van der Waals surface area contributed by atoms with E-state index >= 15 is 0 Å². The largest absolute Gasteiger partial charge is 0.456 e. The van der Waals surface area contributed by atoms with Crippen molar-refractivity contribution in [2.75, 3.05) is 5.32 Å². The van der Waals surface area contributed by atoms with Crippen LogP contribution in [0.25, 0.3) is 0 Å². The molecule has 0 atom stereocenters. The molecule has 0 saturated heterocycles. The van der Waals surface area contributed by atoms with Crippen molar-refractivity contribution in [1.29, 1.82) is 5.41 Å². The Morgan fingerprint density at radius 3 is 2.76 bits per heavy atom. The van der Waals surface area contributed by atoms with Crippen LogP contribution in [-0.4, -0.2) is 16.7 Å². The lowest BCUT2D eigenvalue weighted by Gasteiger charge is -2.17. The Kier molecular flexibility index (Phi) is 3.27. The summed E-state index contributed by atoms with van der Waals surface area (Å²) < 4.78 is 5.72. The van der Waals surface area contributed by atoms with Crippen molar-refractivity contribution in [3.63, 3.8) is 0 Å². The quantitative estimate of drug-likeness (QED) is 0.592. The van der Waals surface area contributed by atoms with Crippen molar-refractivity contribution < 1.29 is 9.53 Å². The molecule has 1 aromatic carbocycles. The highest BCUT2D eigenvalue weighted by atomic mass is 16.5. The van der Waals surface area contributed by atoms with E-state index < -0.39 is 0 Å². The second kappa shape index (κ2) is 5.24. The number of nitrogens with zero attached hydrogens (tertiary/aromatic N) is 1. The van der Waals surface area contributed by atoms with Crippen LogP contribution in [0.5, 0.6) is 11.5 Å². The van der Waals surface area contributed by atoms with E-state index in [0.29, 0.717) is 30.0 Å². The Labute approximate surface area is 121 Å². The molecule has 1 aromatic heterocycles. The van der Waals surface area contributed by atoms with Crippen LogP contribution in [0.15, 0.2) is 36.5 Å². The summed E-state index contributed by atoms with van der Waals surface area (Å²) in [4.78, 5) is 15.4. The smallest absolute Gasteiger partial charge is 0.224 e. The number of carbonyl (C=O) groups excluding carboxylic acids is 1. The molecule has 0 unspecified atom stereocenters. The van der Waals surface area contributed by atoms with Crippen LogP contribution < -0.4 is 15.8 Å². The number of amides is 1. The number of hydrogen-bond acceptors (Lipinski definition) is 4. The normalized spacial score (nSPS) is 13.2. The van der Waals surface area contributed by atoms with E-state index in [1.54, 1.807) is 18.2 Å². The fourth-order valence-corrected chi connectivity index (χ4v) is 2.16. The van der Waals surface area contributed by atoms with E-state index in [9.17, 15) is 4.79 Å². The number of amidine groups is 1. The van der Waals surface area contributed by atoms with Gasteiger partial charge >= 0.3 is 0 Å². The lowest BCUT2D eigenvalue weighted by molar-refractivity contribution is -0.116. The molecule has 1 aliphatic heterocycles. The summed E-state index contributed by atoms with van der Waals surface area (Å²) in [6.45, 7) is 0. The molecule has 2 heterocycles. The summed E-state index contributed by atoms with van der Waals surface area (Å²) in [6.07, 6.45) is 2.73. The minimum Gasteiger partial charge on any atom is -0.456 e. The second-order valence-electron chi connectivity index (χ2n) is 4.76. The molecule has 6 heteroatoms. The molecule has 0 fully saturated rings. The third-order valence-corrected chi connectivity index (χ3v) is 3.22. The van der Waals surface area contributed by atoms with Crippen molar-refractivity contribution in [1.82, 2.24) is 4.98 Å². The van der Waals surface area contributed by atoms with Gasteiger partial charge in [-0.1, -0.05) is 0 Å². The predicted octanol–water partition coefficient (Wildman–Crippen LogP) is 2.04. The van der Waals surface area contributed by atoms with Gasteiger partial charge in [0.2, 0.25) is 5.91 Å². The van der Waals surface area contributed by atoms with Crippen LogP contribution in [-0.2, 0) is 11.2 Å². The van der Waals surface area contributed by atoms with Gasteiger partial charge in [-0.05, 0) is 42.3 Å². The van der Waals surface area contributed by atoms with Gasteiger partial charge in [0.05, 0.1) is 6.20 Å². The predicted molar refractivity (Wildman–Crippen MR) is 78.7 cm³/mol.